The average Bonchev–Trinajstić information content (AvgIpc) is 3.56. The van der Waals surface area contributed by atoms with Gasteiger partial charge in [-0.15, -0.1) is 0 Å². The summed E-state index contributed by atoms with van der Waals surface area (Å²) in [6.07, 6.45) is 3.15. The Morgan fingerprint density at radius 1 is 0.735 bits per heavy atom. The molecular weight excluding hydrogens is 428 g/mol. The molecule has 3 aromatic carbocycles. The summed E-state index contributed by atoms with van der Waals surface area (Å²) in [7, 11) is 0. The number of aromatic nitrogens is 2. The van der Waals surface area contributed by atoms with Gasteiger partial charge in [0.1, 0.15) is 5.69 Å². The van der Waals surface area contributed by atoms with Crippen molar-refractivity contribution in [2.45, 2.75) is 0 Å². The Morgan fingerprint density at radius 3 is 2.09 bits per heavy atom. The minimum atomic E-state index is -0.371. The largest absolute Gasteiger partial charge is 0.459 e. The van der Waals surface area contributed by atoms with Crippen LogP contribution < -0.4 is 10.6 Å². The third-order valence-corrected chi connectivity index (χ3v) is 5.15. The van der Waals surface area contributed by atoms with E-state index in [4.69, 9.17) is 4.42 Å². The molecule has 166 valence electrons. The molecule has 2 N–H and O–H groups in total. The Balaban J connectivity index is 1.42. The fourth-order valence-corrected chi connectivity index (χ4v) is 3.54. The Bertz CT molecular complexity index is 1430. The van der Waals surface area contributed by atoms with Gasteiger partial charge < -0.3 is 15.1 Å². The summed E-state index contributed by atoms with van der Waals surface area (Å²) in [6.45, 7) is 0. The zero-order chi connectivity index (χ0) is 23.3. The van der Waals surface area contributed by atoms with E-state index in [1.54, 1.807) is 47.3 Å². The monoisotopic (exact) mass is 448 g/mol. The Labute approximate surface area is 195 Å². The Kier molecular flexibility index (Phi) is 5.73. The first-order chi connectivity index (χ1) is 16.7. The minimum absolute atomic E-state index is 0.204. The molecule has 0 spiro atoms. The molecule has 0 saturated carbocycles. The van der Waals surface area contributed by atoms with E-state index in [1.807, 2.05) is 60.7 Å². The fourth-order valence-electron chi connectivity index (χ4n) is 3.54. The minimum Gasteiger partial charge on any atom is -0.459 e. The van der Waals surface area contributed by atoms with Crippen molar-refractivity contribution in [1.82, 2.24) is 9.78 Å². The third-order valence-electron chi connectivity index (χ3n) is 5.15. The molecule has 0 saturated heterocycles. The fraction of sp³-hybridized carbons (Fsp3) is 0. The van der Waals surface area contributed by atoms with E-state index < -0.39 is 0 Å². The maximum absolute atomic E-state index is 13.3. The first kappa shape index (κ1) is 21.0. The van der Waals surface area contributed by atoms with Gasteiger partial charge in [-0.25, -0.2) is 4.68 Å². The molecule has 5 aromatic rings. The van der Waals surface area contributed by atoms with E-state index in [1.165, 1.54) is 6.26 Å². The zero-order valence-electron chi connectivity index (χ0n) is 18.0. The van der Waals surface area contributed by atoms with Gasteiger partial charge in [0.15, 0.2) is 5.76 Å². The van der Waals surface area contributed by atoms with Gasteiger partial charge in [0, 0.05) is 23.1 Å². The zero-order valence-corrected chi connectivity index (χ0v) is 18.0. The van der Waals surface area contributed by atoms with Gasteiger partial charge in [-0.2, -0.15) is 5.10 Å². The predicted molar refractivity (Wildman–Crippen MR) is 130 cm³/mol. The van der Waals surface area contributed by atoms with E-state index in [0.717, 1.165) is 11.3 Å². The van der Waals surface area contributed by atoms with Gasteiger partial charge >= 0.3 is 0 Å². The molecule has 0 radical (unpaired) electrons. The number of carbonyl (C=O) groups excluding carboxylic acids is 2. The van der Waals surface area contributed by atoms with Crippen LogP contribution in [0.3, 0.4) is 0 Å². The molecule has 0 unspecified atom stereocenters. The molecule has 7 nitrogen and oxygen atoms in total. The number of para-hydroxylation sites is 1. The SMILES string of the molecule is O=C(Nc1cccc(NC(=O)c2cn(-c3ccccc3)nc2-c2ccccc2)c1)c1ccco1. The van der Waals surface area contributed by atoms with E-state index in [9.17, 15) is 9.59 Å². The van der Waals surface area contributed by atoms with Crippen molar-refractivity contribution in [2.24, 2.45) is 0 Å². The highest BCUT2D eigenvalue weighted by molar-refractivity contribution is 6.08. The molecular formula is C27H20N4O3. The molecule has 0 fully saturated rings. The van der Waals surface area contributed by atoms with Crippen LogP contribution in [0.4, 0.5) is 11.4 Å². The van der Waals surface area contributed by atoms with E-state index in [2.05, 4.69) is 15.7 Å². The standard InChI is InChI=1S/C27H20N4O3/c32-26(28-20-11-7-12-21(17-20)29-27(33)24-15-8-16-34-24)23-18-31(22-13-5-2-6-14-22)30-25(23)19-9-3-1-4-10-19/h1-18H,(H,28,32)(H,29,33). The van der Waals surface area contributed by atoms with Crippen LogP contribution in [0.25, 0.3) is 16.9 Å². The number of hydrogen-bond acceptors (Lipinski definition) is 4. The lowest BCUT2D eigenvalue weighted by Gasteiger charge is -2.08. The topological polar surface area (TPSA) is 89.2 Å². The maximum atomic E-state index is 13.3. The van der Waals surface area contributed by atoms with Crippen molar-refractivity contribution in [3.8, 4) is 16.9 Å². The average molecular weight is 448 g/mol. The van der Waals surface area contributed by atoms with Crippen molar-refractivity contribution in [3.63, 3.8) is 0 Å². The van der Waals surface area contributed by atoms with Crippen LogP contribution >= 0.6 is 0 Å². The highest BCUT2D eigenvalue weighted by atomic mass is 16.3. The molecule has 0 aliphatic heterocycles. The third kappa shape index (κ3) is 4.49. The second-order valence-corrected chi connectivity index (χ2v) is 7.50. The quantitative estimate of drug-likeness (QED) is 0.352. The van der Waals surface area contributed by atoms with Crippen LogP contribution in [0.15, 0.2) is 114 Å². The summed E-state index contributed by atoms with van der Waals surface area (Å²) in [6, 6.07) is 29.3. The summed E-state index contributed by atoms with van der Waals surface area (Å²) in [4.78, 5) is 25.6. The van der Waals surface area contributed by atoms with Crippen molar-refractivity contribution in [1.29, 1.82) is 0 Å². The maximum Gasteiger partial charge on any atom is 0.291 e. The van der Waals surface area contributed by atoms with Crippen molar-refractivity contribution >= 4 is 23.2 Å². The number of nitrogens with one attached hydrogen (secondary N) is 2. The van der Waals surface area contributed by atoms with Crippen LogP contribution in [0.5, 0.6) is 0 Å². The number of anilines is 2. The number of carbonyl (C=O) groups is 2. The van der Waals surface area contributed by atoms with E-state index >= 15 is 0 Å². The molecule has 0 bridgehead atoms. The molecule has 2 aromatic heterocycles. The van der Waals surface area contributed by atoms with Crippen LogP contribution in [0, 0.1) is 0 Å². The number of nitrogens with zero attached hydrogens (tertiary/aromatic N) is 2. The van der Waals surface area contributed by atoms with Gasteiger partial charge in [0.2, 0.25) is 0 Å². The second-order valence-electron chi connectivity index (χ2n) is 7.50. The lowest BCUT2D eigenvalue weighted by molar-refractivity contribution is 0.0995. The summed E-state index contributed by atoms with van der Waals surface area (Å²) in [5.41, 5.74) is 3.75. The summed E-state index contributed by atoms with van der Waals surface area (Å²) in [5.74, 6) is -0.477. The number of hydrogen-bond donors (Lipinski definition) is 2. The summed E-state index contributed by atoms with van der Waals surface area (Å²) < 4.78 is 6.81. The predicted octanol–water partition coefficient (Wildman–Crippen LogP) is 5.64. The summed E-state index contributed by atoms with van der Waals surface area (Å²) >= 11 is 0. The van der Waals surface area contributed by atoms with Gasteiger partial charge in [-0.3, -0.25) is 9.59 Å². The van der Waals surface area contributed by atoms with Crippen molar-refractivity contribution in [2.75, 3.05) is 10.6 Å². The smallest absolute Gasteiger partial charge is 0.291 e. The van der Waals surface area contributed by atoms with Crippen LogP contribution in [-0.2, 0) is 0 Å². The van der Waals surface area contributed by atoms with E-state index in [-0.39, 0.29) is 17.6 Å². The molecule has 7 heteroatoms. The second kappa shape index (κ2) is 9.30. The van der Waals surface area contributed by atoms with Gasteiger partial charge in [0.25, 0.3) is 11.8 Å². The number of rotatable bonds is 6. The van der Waals surface area contributed by atoms with Gasteiger partial charge in [-0.05, 0) is 42.5 Å². The molecule has 0 aliphatic carbocycles. The summed E-state index contributed by atoms with van der Waals surface area (Å²) in [5, 5.41) is 10.4. The lowest BCUT2D eigenvalue weighted by atomic mass is 10.1. The Hall–Kier alpha value is -4.91. The van der Waals surface area contributed by atoms with Crippen LogP contribution in [0.2, 0.25) is 0 Å². The normalized spacial score (nSPS) is 10.6. The van der Waals surface area contributed by atoms with Crippen LogP contribution in [0.1, 0.15) is 20.9 Å². The molecule has 34 heavy (non-hydrogen) atoms. The molecule has 5 rings (SSSR count). The number of benzene rings is 3. The first-order valence-electron chi connectivity index (χ1n) is 10.6. The molecule has 0 aliphatic rings. The first-order valence-corrected chi connectivity index (χ1v) is 10.6. The molecule has 0 atom stereocenters. The lowest BCUT2D eigenvalue weighted by Crippen LogP contribution is -2.14. The van der Waals surface area contributed by atoms with Crippen molar-refractivity contribution < 1.29 is 14.0 Å². The molecule has 2 amide bonds. The highest BCUT2D eigenvalue weighted by Gasteiger charge is 2.19. The number of amides is 2. The van der Waals surface area contributed by atoms with Crippen LogP contribution in [-0.4, -0.2) is 21.6 Å². The Morgan fingerprint density at radius 2 is 1.41 bits per heavy atom. The highest BCUT2D eigenvalue weighted by Crippen LogP contribution is 2.25. The van der Waals surface area contributed by atoms with Gasteiger partial charge in [0.05, 0.1) is 17.5 Å². The molecule has 2 heterocycles. The van der Waals surface area contributed by atoms with E-state index in [0.29, 0.717) is 22.6 Å². The van der Waals surface area contributed by atoms with Crippen molar-refractivity contribution in [3.05, 3.63) is 121 Å². The number of furan rings is 1. The van der Waals surface area contributed by atoms with Gasteiger partial charge in [-0.1, -0.05) is 54.6 Å².